The predicted octanol–water partition coefficient (Wildman–Crippen LogP) is 1.53. The van der Waals surface area contributed by atoms with Gasteiger partial charge in [-0.15, -0.1) is 0 Å². The van der Waals surface area contributed by atoms with Crippen LogP contribution in [0.3, 0.4) is 0 Å². The molecule has 1 heterocycles. The summed E-state index contributed by atoms with van der Waals surface area (Å²) in [4.78, 5) is 26.5. The second-order valence-electron chi connectivity index (χ2n) is 5.06. The van der Waals surface area contributed by atoms with Gasteiger partial charge in [-0.05, 0) is 36.9 Å². The zero-order valence-electron chi connectivity index (χ0n) is 12.4. The van der Waals surface area contributed by atoms with E-state index in [0.717, 1.165) is 16.5 Å². The minimum atomic E-state index is -0.129. The molecule has 1 aromatic heterocycles. The molecule has 0 saturated heterocycles. The van der Waals surface area contributed by atoms with Crippen molar-refractivity contribution in [1.29, 1.82) is 0 Å². The molecule has 2 N–H and O–H groups in total. The van der Waals surface area contributed by atoms with Gasteiger partial charge >= 0.3 is 0 Å². The van der Waals surface area contributed by atoms with E-state index in [2.05, 4.69) is 10.3 Å². The maximum atomic E-state index is 12.0. The molecule has 0 aliphatic carbocycles. The number of fused-ring (bicyclic) bond motifs is 1. The number of benzene rings is 1. The van der Waals surface area contributed by atoms with Gasteiger partial charge in [-0.3, -0.25) is 9.59 Å². The second-order valence-corrected chi connectivity index (χ2v) is 5.06. The zero-order valence-corrected chi connectivity index (χ0v) is 12.4. The van der Waals surface area contributed by atoms with Crippen molar-refractivity contribution in [2.75, 3.05) is 20.3 Å². The Morgan fingerprint density at radius 1 is 1.33 bits per heavy atom. The first kappa shape index (κ1) is 15.3. The van der Waals surface area contributed by atoms with Gasteiger partial charge in [-0.1, -0.05) is 11.6 Å². The lowest BCUT2D eigenvalue weighted by Crippen LogP contribution is -2.27. The van der Waals surface area contributed by atoms with Crippen LogP contribution in [0.15, 0.2) is 29.1 Å². The average molecular weight is 288 g/mol. The van der Waals surface area contributed by atoms with Crippen molar-refractivity contribution in [3.8, 4) is 0 Å². The maximum absolute atomic E-state index is 12.0. The highest BCUT2D eigenvalue weighted by atomic mass is 16.5. The van der Waals surface area contributed by atoms with E-state index in [-0.39, 0.29) is 11.5 Å². The first-order valence-corrected chi connectivity index (χ1v) is 6.98. The van der Waals surface area contributed by atoms with Crippen LogP contribution in [-0.2, 0) is 16.0 Å². The Balaban J connectivity index is 2.06. The molecule has 0 unspecified atom stereocenters. The molecule has 21 heavy (non-hydrogen) atoms. The van der Waals surface area contributed by atoms with Crippen molar-refractivity contribution < 1.29 is 9.53 Å². The molecule has 5 heteroatoms. The van der Waals surface area contributed by atoms with Crippen LogP contribution in [0.2, 0.25) is 0 Å². The smallest absolute Gasteiger partial charge is 0.251 e. The number of amides is 1. The molecule has 5 nitrogen and oxygen atoms in total. The number of methoxy groups -OCH3 is 1. The van der Waals surface area contributed by atoms with E-state index < -0.39 is 0 Å². The number of aromatic nitrogens is 1. The third kappa shape index (κ3) is 4.16. The van der Waals surface area contributed by atoms with Crippen LogP contribution in [0, 0.1) is 6.92 Å². The number of ether oxygens (including phenoxy) is 1. The van der Waals surface area contributed by atoms with Gasteiger partial charge in [0.05, 0.1) is 6.61 Å². The number of aryl methyl sites for hydroxylation is 2. The van der Waals surface area contributed by atoms with Crippen LogP contribution in [0.4, 0.5) is 0 Å². The number of pyridine rings is 1. The topological polar surface area (TPSA) is 71.2 Å². The summed E-state index contributed by atoms with van der Waals surface area (Å²) in [6.07, 6.45) is 0.724. The van der Waals surface area contributed by atoms with Gasteiger partial charge in [0, 0.05) is 31.2 Å². The Hall–Kier alpha value is -2.14. The summed E-state index contributed by atoms with van der Waals surface area (Å²) in [6, 6.07) is 7.74. The SMILES string of the molecule is COCCNC(=O)CCc1cc2cc(C)ccc2[nH]c1=O. The highest BCUT2D eigenvalue weighted by Crippen LogP contribution is 2.13. The Morgan fingerprint density at radius 3 is 2.90 bits per heavy atom. The number of carbonyl (C=O) groups excluding carboxylic acids is 1. The third-order valence-electron chi connectivity index (χ3n) is 3.33. The molecule has 1 amide bonds. The van der Waals surface area contributed by atoms with E-state index in [0.29, 0.717) is 31.6 Å². The number of carbonyl (C=O) groups is 1. The number of hydrogen-bond donors (Lipinski definition) is 2. The normalized spacial score (nSPS) is 10.8. The lowest BCUT2D eigenvalue weighted by atomic mass is 10.1. The molecule has 2 rings (SSSR count). The monoisotopic (exact) mass is 288 g/mol. The van der Waals surface area contributed by atoms with Gasteiger partial charge in [0.1, 0.15) is 0 Å². The van der Waals surface area contributed by atoms with E-state index in [4.69, 9.17) is 4.74 Å². The first-order chi connectivity index (χ1) is 10.1. The molecular formula is C16H20N2O3. The van der Waals surface area contributed by atoms with Gasteiger partial charge in [0.2, 0.25) is 5.91 Å². The summed E-state index contributed by atoms with van der Waals surface area (Å²) in [5.74, 6) is -0.0733. The van der Waals surface area contributed by atoms with E-state index in [1.807, 2.05) is 31.2 Å². The molecule has 1 aromatic carbocycles. The van der Waals surface area contributed by atoms with Crippen molar-refractivity contribution in [3.63, 3.8) is 0 Å². The molecule has 0 atom stereocenters. The van der Waals surface area contributed by atoms with E-state index in [1.54, 1.807) is 7.11 Å². The summed E-state index contributed by atoms with van der Waals surface area (Å²) >= 11 is 0. The summed E-state index contributed by atoms with van der Waals surface area (Å²) < 4.78 is 4.86. The number of H-pyrrole nitrogens is 1. The Morgan fingerprint density at radius 2 is 2.14 bits per heavy atom. The molecule has 0 spiro atoms. The van der Waals surface area contributed by atoms with E-state index in [9.17, 15) is 9.59 Å². The van der Waals surface area contributed by atoms with Gasteiger partial charge in [-0.25, -0.2) is 0 Å². The molecule has 112 valence electrons. The molecule has 2 aromatic rings. The molecule has 0 saturated carbocycles. The number of aromatic amines is 1. The molecule has 0 bridgehead atoms. The summed E-state index contributed by atoms with van der Waals surface area (Å²) in [5.41, 5.74) is 2.46. The lowest BCUT2D eigenvalue weighted by molar-refractivity contribution is -0.121. The number of hydrogen-bond acceptors (Lipinski definition) is 3. The van der Waals surface area contributed by atoms with Crippen LogP contribution in [0.5, 0.6) is 0 Å². The van der Waals surface area contributed by atoms with Crippen molar-refractivity contribution in [3.05, 3.63) is 45.7 Å². The molecule has 0 aliphatic heterocycles. The number of nitrogens with one attached hydrogen (secondary N) is 2. The standard InChI is InChI=1S/C16H20N2O3/c1-11-3-5-14-13(9-11)10-12(16(20)18-14)4-6-15(19)17-7-8-21-2/h3,5,9-10H,4,6-8H2,1-2H3,(H,17,19)(H,18,20). The average Bonchev–Trinajstić information content (AvgIpc) is 2.46. The fourth-order valence-corrected chi connectivity index (χ4v) is 2.19. The minimum Gasteiger partial charge on any atom is -0.383 e. The van der Waals surface area contributed by atoms with Gasteiger partial charge < -0.3 is 15.0 Å². The molecule has 0 radical (unpaired) electrons. The van der Waals surface area contributed by atoms with Crippen molar-refractivity contribution in [2.45, 2.75) is 19.8 Å². The van der Waals surface area contributed by atoms with Gasteiger partial charge in [0.25, 0.3) is 5.56 Å². The van der Waals surface area contributed by atoms with Crippen LogP contribution >= 0.6 is 0 Å². The second kappa shape index (κ2) is 7.04. The van der Waals surface area contributed by atoms with Crippen molar-refractivity contribution in [2.24, 2.45) is 0 Å². The van der Waals surface area contributed by atoms with E-state index >= 15 is 0 Å². The van der Waals surface area contributed by atoms with Crippen LogP contribution < -0.4 is 10.9 Å². The third-order valence-corrected chi connectivity index (χ3v) is 3.33. The summed E-state index contributed by atoms with van der Waals surface area (Å²) in [5, 5.41) is 3.73. The fraction of sp³-hybridized carbons (Fsp3) is 0.375. The largest absolute Gasteiger partial charge is 0.383 e. The van der Waals surface area contributed by atoms with E-state index in [1.165, 1.54) is 0 Å². The first-order valence-electron chi connectivity index (χ1n) is 6.98. The van der Waals surface area contributed by atoms with Crippen molar-refractivity contribution >= 4 is 16.8 Å². The summed E-state index contributed by atoms with van der Waals surface area (Å²) in [7, 11) is 1.59. The zero-order chi connectivity index (χ0) is 15.2. The minimum absolute atomic E-state index is 0.0733. The molecular weight excluding hydrogens is 268 g/mol. The molecule has 0 aliphatic rings. The Labute approximate surface area is 123 Å². The highest BCUT2D eigenvalue weighted by molar-refractivity contribution is 5.80. The Kier molecular flexibility index (Phi) is 5.11. The van der Waals surface area contributed by atoms with Crippen LogP contribution in [0.1, 0.15) is 17.5 Å². The predicted molar refractivity (Wildman–Crippen MR) is 82.5 cm³/mol. The number of rotatable bonds is 6. The molecule has 0 fully saturated rings. The van der Waals surface area contributed by atoms with Gasteiger partial charge in [0.15, 0.2) is 0 Å². The van der Waals surface area contributed by atoms with Crippen molar-refractivity contribution in [1.82, 2.24) is 10.3 Å². The Bertz CT molecular complexity index is 691. The van der Waals surface area contributed by atoms with Crippen LogP contribution in [0.25, 0.3) is 10.9 Å². The van der Waals surface area contributed by atoms with Gasteiger partial charge in [-0.2, -0.15) is 0 Å². The lowest BCUT2D eigenvalue weighted by Gasteiger charge is -2.06. The quantitative estimate of drug-likeness (QED) is 0.792. The summed E-state index contributed by atoms with van der Waals surface area (Å²) in [6.45, 7) is 2.98. The highest BCUT2D eigenvalue weighted by Gasteiger charge is 2.06. The fourth-order valence-electron chi connectivity index (χ4n) is 2.19. The van der Waals surface area contributed by atoms with Crippen LogP contribution in [-0.4, -0.2) is 31.2 Å². The maximum Gasteiger partial charge on any atom is 0.251 e.